The SMILES string of the molecule is CC1(C(=O)N[C@@H](CCC(N)=O)C(=O)O)CCCN1. The number of nitrogens with one attached hydrogen (secondary N) is 2. The zero-order chi connectivity index (χ0) is 13.8. The highest BCUT2D eigenvalue weighted by molar-refractivity contribution is 5.90. The van der Waals surface area contributed by atoms with Crippen molar-refractivity contribution < 1.29 is 19.5 Å². The summed E-state index contributed by atoms with van der Waals surface area (Å²) in [7, 11) is 0. The number of amides is 2. The van der Waals surface area contributed by atoms with E-state index in [9.17, 15) is 14.4 Å². The summed E-state index contributed by atoms with van der Waals surface area (Å²) in [5, 5.41) is 14.5. The lowest BCUT2D eigenvalue weighted by Gasteiger charge is -2.25. The summed E-state index contributed by atoms with van der Waals surface area (Å²) in [5.41, 5.74) is 4.24. The molecule has 0 saturated carbocycles. The lowest BCUT2D eigenvalue weighted by atomic mass is 9.98. The maximum atomic E-state index is 12.0. The Morgan fingerprint density at radius 1 is 1.50 bits per heavy atom. The van der Waals surface area contributed by atoms with Crippen LogP contribution in [0.2, 0.25) is 0 Å². The van der Waals surface area contributed by atoms with Gasteiger partial charge in [-0.2, -0.15) is 0 Å². The standard InChI is InChI=1S/C11H19N3O4/c1-11(5-2-6-13-11)10(18)14-7(9(16)17)3-4-8(12)15/h7,13H,2-6H2,1H3,(H2,12,15)(H,14,18)(H,16,17)/t7-,11?/m0/s1. The average Bonchev–Trinajstić information content (AvgIpc) is 2.71. The maximum Gasteiger partial charge on any atom is 0.326 e. The number of carbonyl (C=O) groups is 3. The van der Waals surface area contributed by atoms with Crippen molar-refractivity contribution in [3.05, 3.63) is 0 Å². The number of carboxylic acids is 1. The van der Waals surface area contributed by atoms with Crippen LogP contribution in [0.5, 0.6) is 0 Å². The minimum Gasteiger partial charge on any atom is -0.480 e. The molecular weight excluding hydrogens is 238 g/mol. The zero-order valence-corrected chi connectivity index (χ0v) is 10.4. The number of hydrogen-bond donors (Lipinski definition) is 4. The van der Waals surface area contributed by atoms with Crippen molar-refractivity contribution in [1.29, 1.82) is 0 Å². The molecule has 0 aliphatic carbocycles. The zero-order valence-electron chi connectivity index (χ0n) is 10.4. The van der Waals surface area contributed by atoms with E-state index < -0.39 is 23.5 Å². The Morgan fingerprint density at radius 2 is 2.17 bits per heavy atom. The van der Waals surface area contributed by atoms with E-state index in [1.165, 1.54) is 0 Å². The van der Waals surface area contributed by atoms with Crippen LogP contribution in [0.4, 0.5) is 0 Å². The fourth-order valence-corrected chi connectivity index (χ4v) is 1.95. The molecular formula is C11H19N3O4. The monoisotopic (exact) mass is 257 g/mol. The van der Waals surface area contributed by atoms with Crippen LogP contribution in [0.25, 0.3) is 0 Å². The van der Waals surface area contributed by atoms with Crippen molar-refractivity contribution in [2.75, 3.05) is 6.54 Å². The van der Waals surface area contributed by atoms with E-state index in [0.29, 0.717) is 6.42 Å². The molecule has 0 aromatic carbocycles. The van der Waals surface area contributed by atoms with Gasteiger partial charge in [0.05, 0.1) is 5.54 Å². The van der Waals surface area contributed by atoms with E-state index in [0.717, 1.165) is 13.0 Å². The fourth-order valence-electron chi connectivity index (χ4n) is 1.95. The first kappa shape index (κ1) is 14.4. The van der Waals surface area contributed by atoms with E-state index in [-0.39, 0.29) is 18.7 Å². The van der Waals surface area contributed by atoms with Gasteiger partial charge >= 0.3 is 5.97 Å². The van der Waals surface area contributed by atoms with E-state index in [2.05, 4.69) is 10.6 Å². The summed E-state index contributed by atoms with van der Waals surface area (Å²) in [6.45, 7) is 2.48. The highest BCUT2D eigenvalue weighted by Gasteiger charge is 2.37. The fraction of sp³-hybridized carbons (Fsp3) is 0.727. The van der Waals surface area contributed by atoms with Crippen LogP contribution in [-0.4, -0.2) is 41.0 Å². The van der Waals surface area contributed by atoms with Crippen LogP contribution in [0.1, 0.15) is 32.6 Å². The van der Waals surface area contributed by atoms with E-state index >= 15 is 0 Å². The van der Waals surface area contributed by atoms with Crippen LogP contribution in [0.15, 0.2) is 0 Å². The van der Waals surface area contributed by atoms with Gasteiger partial charge in [0, 0.05) is 6.42 Å². The number of aliphatic carboxylic acids is 1. The summed E-state index contributed by atoms with van der Waals surface area (Å²) in [6, 6.07) is -1.08. The predicted molar refractivity (Wildman–Crippen MR) is 63.6 cm³/mol. The predicted octanol–water partition coefficient (Wildman–Crippen LogP) is -1.04. The largest absolute Gasteiger partial charge is 0.480 e. The second kappa shape index (κ2) is 5.81. The molecule has 0 radical (unpaired) electrons. The topological polar surface area (TPSA) is 122 Å². The Hall–Kier alpha value is -1.63. The molecule has 0 bridgehead atoms. The Morgan fingerprint density at radius 3 is 2.61 bits per heavy atom. The lowest BCUT2D eigenvalue weighted by molar-refractivity contribution is -0.143. The molecule has 0 aromatic heterocycles. The van der Waals surface area contributed by atoms with Crippen LogP contribution in [0.3, 0.4) is 0 Å². The third-order valence-corrected chi connectivity index (χ3v) is 3.15. The van der Waals surface area contributed by atoms with Crippen molar-refractivity contribution in [3.8, 4) is 0 Å². The molecule has 1 heterocycles. The van der Waals surface area contributed by atoms with Crippen molar-refractivity contribution in [2.45, 2.75) is 44.2 Å². The van der Waals surface area contributed by atoms with Gasteiger partial charge in [-0.05, 0) is 32.7 Å². The number of hydrogen-bond acceptors (Lipinski definition) is 4. The van der Waals surface area contributed by atoms with E-state index in [4.69, 9.17) is 10.8 Å². The van der Waals surface area contributed by atoms with Crippen molar-refractivity contribution in [1.82, 2.24) is 10.6 Å². The highest BCUT2D eigenvalue weighted by Crippen LogP contribution is 2.18. The third-order valence-electron chi connectivity index (χ3n) is 3.15. The summed E-state index contributed by atoms with van der Waals surface area (Å²) in [6.07, 6.45) is 1.48. The first-order chi connectivity index (χ1) is 8.35. The molecule has 1 rings (SSSR count). The van der Waals surface area contributed by atoms with Crippen LogP contribution < -0.4 is 16.4 Å². The minimum absolute atomic E-state index is 0.00644. The number of carbonyl (C=O) groups excluding carboxylic acids is 2. The van der Waals surface area contributed by atoms with E-state index in [1.807, 2.05) is 0 Å². The van der Waals surface area contributed by atoms with Gasteiger partial charge in [-0.15, -0.1) is 0 Å². The minimum atomic E-state index is -1.16. The molecule has 1 saturated heterocycles. The van der Waals surface area contributed by atoms with Crippen molar-refractivity contribution >= 4 is 17.8 Å². The second-order valence-electron chi connectivity index (χ2n) is 4.73. The number of rotatable bonds is 6. The Kier molecular flexibility index (Phi) is 4.66. The van der Waals surface area contributed by atoms with Crippen LogP contribution in [0, 0.1) is 0 Å². The maximum absolute atomic E-state index is 12.0. The first-order valence-electron chi connectivity index (χ1n) is 5.92. The van der Waals surface area contributed by atoms with Gasteiger partial charge in [0.15, 0.2) is 0 Å². The van der Waals surface area contributed by atoms with Crippen LogP contribution >= 0.6 is 0 Å². The number of primary amides is 1. The summed E-state index contributed by atoms with van der Waals surface area (Å²) >= 11 is 0. The summed E-state index contributed by atoms with van der Waals surface area (Å²) in [5.74, 6) is -2.09. The molecule has 18 heavy (non-hydrogen) atoms. The third kappa shape index (κ3) is 3.69. The quantitative estimate of drug-likeness (QED) is 0.484. The molecule has 5 N–H and O–H groups in total. The normalized spacial score (nSPS) is 24.5. The molecule has 0 spiro atoms. The van der Waals surface area contributed by atoms with Gasteiger partial charge < -0.3 is 21.5 Å². The Bertz CT molecular complexity index is 350. The summed E-state index contributed by atoms with van der Waals surface area (Å²) in [4.78, 5) is 33.6. The number of nitrogens with two attached hydrogens (primary N) is 1. The Balaban J connectivity index is 2.57. The molecule has 0 aromatic rings. The number of carboxylic acid groups (broad SMARTS) is 1. The van der Waals surface area contributed by atoms with E-state index in [1.54, 1.807) is 6.92 Å². The molecule has 2 atom stereocenters. The molecule has 1 aliphatic rings. The van der Waals surface area contributed by atoms with Gasteiger partial charge in [0.2, 0.25) is 11.8 Å². The Labute approximate surface area is 105 Å². The first-order valence-corrected chi connectivity index (χ1v) is 5.92. The van der Waals surface area contributed by atoms with Gasteiger partial charge in [-0.25, -0.2) is 4.79 Å². The average molecular weight is 257 g/mol. The molecule has 7 nitrogen and oxygen atoms in total. The van der Waals surface area contributed by atoms with Crippen molar-refractivity contribution in [2.24, 2.45) is 5.73 Å². The van der Waals surface area contributed by atoms with Gasteiger partial charge in [-0.1, -0.05) is 0 Å². The lowest BCUT2D eigenvalue weighted by Crippen LogP contribution is -2.55. The highest BCUT2D eigenvalue weighted by atomic mass is 16.4. The molecule has 1 fully saturated rings. The van der Waals surface area contributed by atoms with Gasteiger partial charge in [0.25, 0.3) is 0 Å². The smallest absolute Gasteiger partial charge is 0.326 e. The molecule has 102 valence electrons. The molecule has 1 unspecified atom stereocenters. The van der Waals surface area contributed by atoms with Gasteiger partial charge in [0.1, 0.15) is 6.04 Å². The molecule has 7 heteroatoms. The van der Waals surface area contributed by atoms with Gasteiger partial charge in [-0.3, -0.25) is 9.59 Å². The molecule has 2 amide bonds. The molecule has 1 aliphatic heterocycles. The summed E-state index contributed by atoms with van der Waals surface area (Å²) < 4.78 is 0. The van der Waals surface area contributed by atoms with Crippen molar-refractivity contribution in [3.63, 3.8) is 0 Å². The second-order valence-corrected chi connectivity index (χ2v) is 4.73. The van der Waals surface area contributed by atoms with Crippen LogP contribution in [-0.2, 0) is 14.4 Å².